The maximum absolute atomic E-state index is 13.3. The van der Waals surface area contributed by atoms with Crippen LogP contribution in [0.5, 0.6) is 5.75 Å². The van der Waals surface area contributed by atoms with Crippen LogP contribution in [0, 0.1) is 13.8 Å². The smallest absolute Gasteiger partial charge is 0.261 e. The molecule has 2 aromatic carbocycles. The normalized spacial score (nSPS) is 15.1. The van der Waals surface area contributed by atoms with Gasteiger partial charge >= 0.3 is 0 Å². The van der Waals surface area contributed by atoms with E-state index in [4.69, 9.17) is 27.9 Å². The fourth-order valence-corrected chi connectivity index (χ4v) is 4.61. The van der Waals surface area contributed by atoms with E-state index >= 15 is 0 Å². The summed E-state index contributed by atoms with van der Waals surface area (Å²) >= 11 is 12.8. The largest absolute Gasteiger partial charge is 0.483 e. The quantitative estimate of drug-likeness (QED) is 0.504. The first-order valence-corrected chi connectivity index (χ1v) is 12.2. The number of nitrogens with zero attached hydrogens (tertiary/aromatic N) is 1. The molecular weight excluding hydrogens is 459 g/mol. The van der Waals surface area contributed by atoms with Gasteiger partial charge in [-0.3, -0.25) is 9.59 Å². The number of halogens is 2. The molecule has 1 saturated carbocycles. The van der Waals surface area contributed by atoms with Crippen LogP contribution in [0.1, 0.15) is 55.7 Å². The number of carbonyl (C=O) groups is 2. The summed E-state index contributed by atoms with van der Waals surface area (Å²) in [6, 6.07) is 10.5. The van der Waals surface area contributed by atoms with E-state index in [0.717, 1.165) is 36.8 Å². The molecule has 0 spiro atoms. The first kappa shape index (κ1) is 25.4. The summed E-state index contributed by atoms with van der Waals surface area (Å²) in [5.74, 6) is 0.168. The van der Waals surface area contributed by atoms with Crippen LogP contribution < -0.4 is 10.1 Å². The lowest BCUT2D eigenvalue weighted by Crippen LogP contribution is -2.51. The Labute approximate surface area is 206 Å². The van der Waals surface area contributed by atoms with Gasteiger partial charge in [0, 0.05) is 28.2 Å². The van der Waals surface area contributed by atoms with E-state index in [-0.39, 0.29) is 31.0 Å². The number of amides is 2. The topological polar surface area (TPSA) is 58.6 Å². The van der Waals surface area contributed by atoms with E-state index in [1.165, 1.54) is 11.3 Å². The fraction of sp³-hybridized carbons (Fsp3) is 0.462. The average molecular weight is 491 g/mol. The molecule has 0 radical (unpaired) electrons. The van der Waals surface area contributed by atoms with Crippen LogP contribution in [0.3, 0.4) is 0 Å². The Bertz CT molecular complexity index is 969. The van der Waals surface area contributed by atoms with Gasteiger partial charge in [-0.25, -0.2) is 0 Å². The average Bonchev–Trinajstić information content (AvgIpc) is 2.79. The molecule has 3 rings (SSSR count). The fourth-order valence-electron chi connectivity index (χ4n) is 4.09. The number of benzene rings is 2. The van der Waals surface area contributed by atoms with Crippen LogP contribution in [-0.2, 0) is 16.1 Å². The van der Waals surface area contributed by atoms with Crippen LogP contribution >= 0.6 is 23.2 Å². The van der Waals surface area contributed by atoms with Gasteiger partial charge in [-0.1, -0.05) is 60.7 Å². The van der Waals surface area contributed by atoms with Crippen molar-refractivity contribution in [2.24, 2.45) is 0 Å². The Balaban J connectivity index is 1.78. The Kier molecular flexibility index (Phi) is 9.04. The second-order valence-corrected chi connectivity index (χ2v) is 9.61. The molecule has 33 heavy (non-hydrogen) atoms. The molecule has 2 amide bonds. The number of hydrogen-bond donors (Lipinski definition) is 1. The summed E-state index contributed by atoms with van der Waals surface area (Å²) in [7, 11) is 0. The third-order valence-electron chi connectivity index (χ3n) is 6.20. The number of ether oxygens (including phenoxy) is 1. The molecule has 0 bridgehead atoms. The van der Waals surface area contributed by atoms with Crippen molar-refractivity contribution in [3.63, 3.8) is 0 Å². The van der Waals surface area contributed by atoms with E-state index in [0.29, 0.717) is 21.4 Å². The van der Waals surface area contributed by atoms with Crippen molar-refractivity contribution in [1.29, 1.82) is 0 Å². The zero-order valence-corrected chi connectivity index (χ0v) is 21.0. The SMILES string of the molecule is Cc1ccc(C)c(OCC(=O)N(Cc2c(Cl)cccc2Cl)[C@@H](C)C(=O)NC2CCCCC2)c1. The molecule has 1 N–H and O–H groups in total. The number of carbonyl (C=O) groups excluding carboxylic acids is 2. The van der Waals surface area contributed by atoms with Gasteiger partial charge in [-0.2, -0.15) is 0 Å². The van der Waals surface area contributed by atoms with E-state index < -0.39 is 6.04 Å². The highest BCUT2D eigenvalue weighted by atomic mass is 35.5. The predicted molar refractivity (Wildman–Crippen MR) is 133 cm³/mol. The molecule has 1 aliphatic carbocycles. The molecule has 1 atom stereocenters. The summed E-state index contributed by atoms with van der Waals surface area (Å²) in [5, 5.41) is 4.03. The Morgan fingerprint density at radius 2 is 1.76 bits per heavy atom. The molecule has 1 aliphatic rings. The van der Waals surface area contributed by atoms with Crippen LogP contribution in [0.2, 0.25) is 10.0 Å². The van der Waals surface area contributed by atoms with Crippen LogP contribution in [0.25, 0.3) is 0 Å². The van der Waals surface area contributed by atoms with Gasteiger partial charge in [0.05, 0.1) is 0 Å². The molecular formula is C26H32Cl2N2O3. The summed E-state index contributed by atoms with van der Waals surface area (Å²) in [4.78, 5) is 27.9. The lowest BCUT2D eigenvalue weighted by molar-refractivity contribution is -0.142. The second-order valence-electron chi connectivity index (χ2n) is 8.80. The van der Waals surface area contributed by atoms with Gasteiger partial charge in [0.1, 0.15) is 11.8 Å². The minimum atomic E-state index is -0.700. The highest BCUT2D eigenvalue weighted by Gasteiger charge is 2.29. The summed E-state index contributed by atoms with van der Waals surface area (Å²) < 4.78 is 5.85. The monoisotopic (exact) mass is 490 g/mol. The second kappa shape index (κ2) is 11.8. The predicted octanol–water partition coefficient (Wildman–Crippen LogP) is 5.86. The number of hydrogen-bond acceptors (Lipinski definition) is 3. The molecule has 178 valence electrons. The molecule has 0 heterocycles. The van der Waals surface area contributed by atoms with Crippen molar-refractivity contribution < 1.29 is 14.3 Å². The molecule has 0 unspecified atom stereocenters. The zero-order valence-electron chi connectivity index (χ0n) is 19.5. The summed E-state index contributed by atoms with van der Waals surface area (Å²) in [6.45, 7) is 5.57. The Morgan fingerprint density at radius 3 is 2.42 bits per heavy atom. The minimum Gasteiger partial charge on any atom is -0.483 e. The van der Waals surface area contributed by atoms with Crippen molar-refractivity contribution in [3.05, 3.63) is 63.1 Å². The lowest BCUT2D eigenvalue weighted by Gasteiger charge is -2.31. The highest BCUT2D eigenvalue weighted by molar-refractivity contribution is 6.36. The van der Waals surface area contributed by atoms with E-state index in [2.05, 4.69) is 5.32 Å². The summed E-state index contributed by atoms with van der Waals surface area (Å²) in [6.07, 6.45) is 5.37. The number of nitrogens with one attached hydrogen (secondary N) is 1. The molecule has 0 aliphatic heterocycles. The van der Waals surface area contributed by atoms with Gasteiger partial charge in [0.15, 0.2) is 6.61 Å². The number of aryl methyl sites for hydroxylation is 2. The number of rotatable bonds is 8. The van der Waals surface area contributed by atoms with Crippen molar-refractivity contribution in [2.75, 3.05) is 6.61 Å². The molecule has 0 aromatic heterocycles. The van der Waals surface area contributed by atoms with Crippen LogP contribution in [0.4, 0.5) is 0 Å². The van der Waals surface area contributed by atoms with Gasteiger partial charge in [-0.15, -0.1) is 0 Å². The molecule has 0 saturated heterocycles. The molecule has 2 aromatic rings. The van der Waals surface area contributed by atoms with Gasteiger partial charge in [-0.05, 0) is 62.9 Å². The van der Waals surface area contributed by atoms with E-state index in [1.54, 1.807) is 25.1 Å². The lowest BCUT2D eigenvalue weighted by atomic mass is 9.95. The Hall–Kier alpha value is -2.24. The molecule has 1 fully saturated rings. The van der Waals surface area contributed by atoms with Crippen LogP contribution in [0.15, 0.2) is 36.4 Å². The van der Waals surface area contributed by atoms with E-state index in [1.807, 2.05) is 32.0 Å². The third-order valence-corrected chi connectivity index (χ3v) is 6.91. The minimum absolute atomic E-state index is 0.118. The van der Waals surface area contributed by atoms with Gasteiger partial charge < -0.3 is 15.0 Å². The van der Waals surface area contributed by atoms with Crippen LogP contribution in [-0.4, -0.2) is 35.4 Å². The highest BCUT2D eigenvalue weighted by Crippen LogP contribution is 2.27. The molecule has 7 heteroatoms. The van der Waals surface area contributed by atoms with Crippen molar-refractivity contribution in [2.45, 2.75) is 71.5 Å². The third kappa shape index (κ3) is 6.87. The van der Waals surface area contributed by atoms with Gasteiger partial charge in [0.25, 0.3) is 5.91 Å². The first-order chi connectivity index (χ1) is 15.8. The standard InChI is InChI=1S/C26H32Cl2N2O3/c1-17-12-13-18(2)24(14-17)33-16-25(31)30(15-21-22(27)10-7-11-23(21)28)19(3)26(32)29-20-8-5-4-6-9-20/h7,10-14,19-20H,4-6,8-9,15-16H2,1-3H3,(H,29,32)/t19-/m0/s1. The Morgan fingerprint density at radius 1 is 1.09 bits per heavy atom. The first-order valence-electron chi connectivity index (χ1n) is 11.5. The van der Waals surface area contributed by atoms with Crippen molar-refractivity contribution >= 4 is 35.0 Å². The summed E-state index contributed by atoms with van der Waals surface area (Å²) in [5.41, 5.74) is 2.60. The zero-order chi connectivity index (χ0) is 24.0. The van der Waals surface area contributed by atoms with Gasteiger partial charge in [0.2, 0.25) is 5.91 Å². The maximum atomic E-state index is 13.3. The van der Waals surface area contributed by atoms with Crippen molar-refractivity contribution in [3.8, 4) is 5.75 Å². The maximum Gasteiger partial charge on any atom is 0.261 e. The van der Waals surface area contributed by atoms with E-state index in [9.17, 15) is 9.59 Å². The van der Waals surface area contributed by atoms with Crippen molar-refractivity contribution in [1.82, 2.24) is 10.2 Å². The molecule has 5 nitrogen and oxygen atoms in total.